The monoisotopic (exact) mass is 785 g/mol. The van der Waals surface area contributed by atoms with E-state index in [2.05, 4.69) is 16.0 Å². The molecule has 6 rings (SSSR count). The minimum absolute atomic E-state index is 0.00693. The van der Waals surface area contributed by atoms with Gasteiger partial charge in [0.15, 0.2) is 0 Å². The summed E-state index contributed by atoms with van der Waals surface area (Å²) in [5.41, 5.74) is 2.49. The van der Waals surface area contributed by atoms with Crippen molar-refractivity contribution in [3.05, 3.63) is 65.7 Å². The van der Waals surface area contributed by atoms with Crippen molar-refractivity contribution >= 4 is 47.1 Å². The number of cyclic esters (lactones) is 1. The lowest BCUT2D eigenvalue weighted by atomic mass is 9.99. The molecule has 0 bridgehead atoms. The van der Waals surface area contributed by atoms with Gasteiger partial charge in [-0.05, 0) is 74.6 Å². The first kappa shape index (κ1) is 41.2. The minimum atomic E-state index is -1.42. The second kappa shape index (κ2) is 18.2. The average Bonchev–Trinajstić information content (AvgIpc) is 3.85. The number of carbonyl (C=O) groups excluding carboxylic acids is 7. The summed E-state index contributed by atoms with van der Waals surface area (Å²) >= 11 is 0. The second-order valence-electron chi connectivity index (χ2n) is 16.0. The Balaban J connectivity index is 1.28. The van der Waals surface area contributed by atoms with Gasteiger partial charge in [-0.3, -0.25) is 28.8 Å². The maximum absolute atomic E-state index is 14.5. The Bertz CT molecular complexity index is 1820. The third kappa shape index (κ3) is 9.74. The molecule has 6 amide bonds. The van der Waals surface area contributed by atoms with Gasteiger partial charge in [0.25, 0.3) is 0 Å². The van der Waals surface area contributed by atoms with E-state index in [9.17, 15) is 33.6 Å². The predicted molar refractivity (Wildman–Crippen MR) is 210 cm³/mol. The van der Waals surface area contributed by atoms with Crippen LogP contribution in [0.25, 0.3) is 0 Å². The summed E-state index contributed by atoms with van der Waals surface area (Å²) in [5.74, 6) is -3.77. The van der Waals surface area contributed by atoms with E-state index in [1.165, 1.54) is 14.7 Å². The van der Waals surface area contributed by atoms with Crippen LogP contribution >= 0.6 is 0 Å². The van der Waals surface area contributed by atoms with Gasteiger partial charge < -0.3 is 40.3 Å². The Morgan fingerprint density at radius 3 is 2.21 bits per heavy atom. The Morgan fingerprint density at radius 1 is 0.807 bits per heavy atom. The van der Waals surface area contributed by atoms with Gasteiger partial charge in [0.1, 0.15) is 42.9 Å². The summed E-state index contributed by atoms with van der Waals surface area (Å²) in [5, 5.41) is 8.43. The van der Waals surface area contributed by atoms with Crippen molar-refractivity contribution in [3.8, 4) is 0 Å². The zero-order chi connectivity index (χ0) is 40.8. The molecule has 0 aromatic heterocycles. The lowest BCUT2D eigenvalue weighted by Gasteiger charge is -2.39. The Kier molecular flexibility index (Phi) is 13.1. The molecule has 4 heterocycles. The predicted octanol–water partition coefficient (Wildman–Crippen LogP) is 1.18. The number of nitrogens with one attached hydrogen (secondary N) is 3. The number of carbonyl (C=O) groups is 7. The van der Waals surface area contributed by atoms with Crippen molar-refractivity contribution in [1.82, 2.24) is 30.7 Å². The smallest absolute Gasteiger partial charge is 0.328 e. The van der Waals surface area contributed by atoms with E-state index >= 15 is 0 Å². The van der Waals surface area contributed by atoms with Gasteiger partial charge in [-0.15, -0.1) is 0 Å². The van der Waals surface area contributed by atoms with Crippen LogP contribution in [0.1, 0.15) is 63.5 Å². The molecule has 4 saturated heterocycles. The number of ether oxygens (including phenoxy) is 1. The number of piperidine rings is 1. The highest BCUT2D eigenvalue weighted by atomic mass is 16.5. The molecule has 2 aromatic rings. The first-order valence-corrected chi connectivity index (χ1v) is 20.1. The molecule has 4 aliphatic rings. The molecule has 0 unspecified atom stereocenters. The minimum Gasteiger partial charge on any atom is -0.461 e. The highest BCUT2D eigenvalue weighted by molar-refractivity contribution is 5.98. The van der Waals surface area contributed by atoms with Crippen LogP contribution in [0.15, 0.2) is 54.6 Å². The van der Waals surface area contributed by atoms with E-state index in [4.69, 9.17) is 4.74 Å². The summed E-state index contributed by atoms with van der Waals surface area (Å²) in [7, 11) is 3.84. The normalized spacial score (nSPS) is 26.5. The number of rotatable bonds is 8. The zero-order valence-electron chi connectivity index (χ0n) is 33.3. The number of anilines is 1. The van der Waals surface area contributed by atoms with Gasteiger partial charge >= 0.3 is 5.97 Å². The van der Waals surface area contributed by atoms with Crippen LogP contribution in [0.3, 0.4) is 0 Å². The summed E-state index contributed by atoms with van der Waals surface area (Å²) in [6, 6.07) is 10.5. The molecule has 7 atom stereocenters. The largest absolute Gasteiger partial charge is 0.461 e. The molecule has 0 saturated carbocycles. The fourth-order valence-electron chi connectivity index (χ4n) is 8.39. The van der Waals surface area contributed by atoms with E-state index in [-0.39, 0.29) is 37.8 Å². The van der Waals surface area contributed by atoms with E-state index in [0.29, 0.717) is 45.1 Å². The fourth-order valence-corrected chi connectivity index (χ4v) is 8.39. The van der Waals surface area contributed by atoms with Gasteiger partial charge in [-0.25, -0.2) is 4.79 Å². The van der Waals surface area contributed by atoms with Gasteiger partial charge in [-0.1, -0.05) is 49.4 Å². The Hall–Kier alpha value is -5.47. The topological polar surface area (TPSA) is 178 Å². The highest BCUT2D eigenvalue weighted by Gasteiger charge is 2.46. The molecule has 0 spiro atoms. The maximum atomic E-state index is 14.5. The number of hydrogen-bond acceptors (Lipinski definition) is 9. The molecule has 0 aliphatic carbocycles. The number of nitrogens with zero attached hydrogens (tertiary/aromatic N) is 4. The van der Waals surface area contributed by atoms with Crippen molar-refractivity contribution in [1.29, 1.82) is 0 Å². The van der Waals surface area contributed by atoms with E-state index < -0.39 is 78.4 Å². The van der Waals surface area contributed by atoms with Crippen molar-refractivity contribution in [2.45, 2.75) is 101 Å². The molecular weight excluding hydrogens is 731 g/mol. The summed E-state index contributed by atoms with van der Waals surface area (Å²) in [6.45, 7) is 3.72. The van der Waals surface area contributed by atoms with Crippen molar-refractivity contribution < 1.29 is 38.3 Å². The van der Waals surface area contributed by atoms with Crippen LogP contribution in [0.2, 0.25) is 0 Å². The number of esters is 1. The highest BCUT2D eigenvalue weighted by Crippen LogP contribution is 2.28. The molecule has 15 heteroatoms. The van der Waals surface area contributed by atoms with Crippen LogP contribution < -0.4 is 20.9 Å². The number of hydrogen-bond donors (Lipinski definition) is 3. The summed E-state index contributed by atoms with van der Waals surface area (Å²) in [4.78, 5) is 104. The van der Waals surface area contributed by atoms with Crippen LogP contribution in [0, 0.1) is 5.92 Å². The molecule has 15 nitrogen and oxygen atoms in total. The summed E-state index contributed by atoms with van der Waals surface area (Å²) < 4.78 is 5.77. The molecule has 57 heavy (non-hydrogen) atoms. The zero-order valence-corrected chi connectivity index (χ0v) is 33.3. The number of fused-ring (bicyclic) bond motifs is 3. The third-order valence-electron chi connectivity index (χ3n) is 11.5. The van der Waals surface area contributed by atoms with Gasteiger partial charge in [0, 0.05) is 45.8 Å². The van der Waals surface area contributed by atoms with Crippen molar-refractivity contribution in [3.63, 3.8) is 0 Å². The Morgan fingerprint density at radius 2 is 1.49 bits per heavy atom. The van der Waals surface area contributed by atoms with Gasteiger partial charge in [-0.2, -0.15) is 0 Å². The lowest BCUT2D eigenvalue weighted by molar-refractivity contribution is -0.158. The van der Waals surface area contributed by atoms with E-state index in [1.807, 2.05) is 80.5 Å². The Labute approximate surface area is 333 Å². The molecular formula is C42H55N7O8. The molecule has 3 N–H and O–H groups in total. The molecule has 306 valence electrons. The van der Waals surface area contributed by atoms with Crippen molar-refractivity contribution in [2.24, 2.45) is 5.92 Å². The van der Waals surface area contributed by atoms with Crippen molar-refractivity contribution in [2.75, 3.05) is 45.2 Å². The summed E-state index contributed by atoms with van der Waals surface area (Å²) in [6.07, 6.45) is 3.10. The maximum Gasteiger partial charge on any atom is 0.328 e. The van der Waals surface area contributed by atoms with Gasteiger partial charge in [0.05, 0.1) is 6.42 Å². The second-order valence-corrected chi connectivity index (χ2v) is 16.0. The standard InChI is InChI=1S/C42H55N7O8/c1-26-21-35-42(56)57-25-32(45-37(51)31(22-28-11-6-5-7-12-28)44-36(50)23-29-15-17-30(18-16-29)46(3)4)40(54)48-20-10-14-34(48)41(55)47-19-9-8-13-33(47)38(52)43-27(2)39(53)49(35)24-26/h5-7,11-12,15-18,26-27,31-35H,8-10,13-14,19-25H2,1-4H3,(H,43,52)(H,44,50)(H,45,51)/t26-,27-,31-,32-,33-,34-,35-/m0/s1. The number of amides is 6. The van der Waals surface area contributed by atoms with Crippen LogP contribution in [0.4, 0.5) is 5.69 Å². The molecule has 2 aromatic carbocycles. The lowest BCUT2D eigenvalue weighted by Crippen LogP contribution is -2.62. The third-order valence-corrected chi connectivity index (χ3v) is 11.5. The SMILES string of the molecule is C[C@H]1C[C@H]2C(=O)OC[C@H](NC(=O)[C@H](Cc3ccccc3)NC(=O)Cc3ccc(N(C)C)cc3)C(=O)N3CCC[C@H]3C(=O)N3CCCC[C@H]3C(=O)N[C@@H](C)C(=O)N2C1. The molecule has 4 aliphatic heterocycles. The van der Waals surface area contributed by atoms with Gasteiger partial charge in [0.2, 0.25) is 35.4 Å². The fraction of sp³-hybridized carbons (Fsp3) is 0.548. The van der Waals surface area contributed by atoms with Crippen LogP contribution in [-0.2, 0) is 51.1 Å². The van der Waals surface area contributed by atoms with Crippen LogP contribution in [-0.4, -0.2) is 133 Å². The first-order valence-electron chi connectivity index (χ1n) is 20.1. The van der Waals surface area contributed by atoms with E-state index in [0.717, 1.165) is 16.8 Å². The average molecular weight is 786 g/mol. The molecule has 4 fully saturated rings. The quantitative estimate of drug-likeness (QED) is 0.332. The molecule has 0 radical (unpaired) electrons. The number of benzene rings is 2. The van der Waals surface area contributed by atoms with Crippen LogP contribution in [0.5, 0.6) is 0 Å². The van der Waals surface area contributed by atoms with E-state index in [1.54, 1.807) is 6.92 Å². The first-order chi connectivity index (χ1) is 27.3.